The van der Waals surface area contributed by atoms with Gasteiger partial charge in [-0.3, -0.25) is 4.98 Å². The second-order valence-electron chi connectivity index (χ2n) is 4.44. The van der Waals surface area contributed by atoms with E-state index in [1.54, 1.807) is 6.20 Å². The van der Waals surface area contributed by atoms with Gasteiger partial charge in [0, 0.05) is 24.6 Å². The third kappa shape index (κ3) is 3.54. The van der Waals surface area contributed by atoms with Crippen LogP contribution < -0.4 is 10.1 Å². The minimum absolute atomic E-state index is 0.610. The van der Waals surface area contributed by atoms with Crippen LogP contribution in [0.3, 0.4) is 0 Å². The molecule has 102 valence electrons. The van der Waals surface area contributed by atoms with Gasteiger partial charge in [0.1, 0.15) is 18.2 Å². The predicted molar refractivity (Wildman–Crippen MR) is 74.2 cm³/mol. The van der Waals surface area contributed by atoms with Gasteiger partial charge in [-0.2, -0.15) is 0 Å². The summed E-state index contributed by atoms with van der Waals surface area (Å²) in [5.41, 5.74) is 1.95. The Labute approximate surface area is 113 Å². The number of pyridine rings is 1. The van der Waals surface area contributed by atoms with Crippen LogP contribution in [0.1, 0.15) is 17.2 Å². The first-order valence-electron chi connectivity index (χ1n) is 6.42. The highest BCUT2D eigenvalue weighted by molar-refractivity contribution is 5.29. The summed E-state index contributed by atoms with van der Waals surface area (Å²) in [6.45, 7) is 6.08. The SMILES string of the molecule is CNCc1nc(C)ccc1OCCn1ccnc1C. The Bertz CT molecular complexity index is 536. The lowest BCUT2D eigenvalue weighted by Gasteiger charge is -2.12. The first-order chi connectivity index (χ1) is 9.20. The lowest BCUT2D eigenvalue weighted by Crippen LogP contribution is -2.13. The number of nitrogens with zero attached hydrogens (tertiary/aromatic N) is 3. The van der Waals surface area contributed by atoms with E-state index in [9.17, 15) is 0 Å². The molecule has 0 saturated heterocycles. The van der Waals surface area contributed by atoms with E-state index in [0.29, 0.717) is 13.2 Å². The second-order valence-corrected chi connectivity index (χ2v) is 4.44. The molecule has 0 aliphatic heterocycles. The molecule has 0 radical (unpaired) electrons. The highest BCUT2D eigenvalue weighted by Gasteiger charge is 2.05. The van der Waals surface area contributed by atoms with Gasteiger partial charge in [0.05, 0.1) is 12.2 Å². The number of hydrogen-bond acceptors (Lipinski definition) is 4. The van der Waals surface area contributed by atoms with Crippen LogP contribution in [0, 0.1) is 13.8 Å². The van der Waals surface area contributed by atoms with Gasteiger partial charge in [-0.05, 0) is 33.0 Å². The standard InChI is InChI=1S/C14H20N4O/c1-11-4-5-14(13(17-11)10-15-3)19-9-8-18-7-6-16-12(18)2/h4-7,15H,8-10H2,1-3H3. The first-order valence-corrected chi connectivity index (χ1v) is 6.42. The molecule has 0 aromatic carbocycles. The molecule has 1 N–H and O–H groups in total. The average Bonchev–Trinajstić information content (AvgIpc) is 2.78. The molecule has 0 aliphatic rings. The van der Waals surface area contributed by atoms with E-state index >= 15 is 0 Å². The molecule has 2 rings (SSSR count). The van der Waals surface area contributed by atoms with Crippen molar-refractivity contribution < 1.29 is 4.74 Å². The van der Waals surface area contributed by atoms with Crippen LogP contribution in [0.2, 0.25) is 0 Å². The van der Waals surface area contributed by atoms with Crippen molar-refractivity contribution in [3.05, 3.63) is 41.7 Å². The van der Waals surface area contributed by atoms with Crippen molar-refractivity contribution in [2.75, 3.05) is 13.7 Å². The van der Waals surface area contributed by atoms with Crippen LogP contribution >= 0.6 is 0 Å². The molecule has 0 bridgehead atoms. The fourth-order valence-electron chi connectivity index (χ4n) is 1.92. The number of hydrogen-bond donors (Lipinski definition) is 1. The smallest absolute Gasteiger partial charge is 0.142 e. The fourth-order valence-corrected chi connectivity index (χ4v) is 1.92. The van der Waals surface area contributed by atoms with Crippen LogP contribution in [0.5, 0.6) is 5.75 Å². The predicted octanol–water partition coefficient (Wildman–Crippen LogP) is 1.69. The van der Waals surface area contributed by atoms with E-state index in [1.165, 1.54) is 0 Å². The van der Waals surface area contributed by atoms with Crippen molar-refractivity contribution in [3.63, 3.8) is 0 Å². The maximum atomic E-state index is 5.82. The van der Waals surface area contributed by atoms with Gasteiger partial charge >= 0.3 is 0 Å². The summed E-state index contributed by atoms with van der Waals surface area (Å²) in [6.07, 6.45) is 3.76. The van der Waals surface area contributed by atoms with E-state index in [2.05, 4.69) is 19.9 Å². The van der Waals surface area contributed by atoms with Gasteiger partial charge in [-0.1, -0.05) is 0 Å². The Balaban J connectivity index is 1.97. The largest absolute Gasteiger partial charge is 0.490 e. The Morgan fingerprint density at radius 2 is 2.16 bits per heavy atom. The van der Waals surface area contributed by atoms with E-state index in [1.807, 2.05) is 39.2 Å². The van der Waals surface area contributed by atoms with Crippen molar-refractivity contribution in [3.8, 4) is 5.75 Å². The van der Waals surface area contributed by atoms with Crippen molar-refractivity contribution >= 4 is 0 Å². The van der Waals surface area contributed by atoms with Crippen LogP contribution in [-0.4, -0.2) is 28.2 Å². The minimum atomic E-state index is 0.610. The van der Waals surface area contributed by atoms with Crippen LogP contribution in [0.25, 0.3) is 0 Å². The third-order valence-electron chi connectivity index (χ3n) is 2.93. The molecule has 19 heavy (non-hydrogen) atoms. The van der Waals surface area contributed by atoms with E-state index in [-0.39, 0.29) is 0 Å². The summed E-state index contributed by atoms with van der Waals surface area (Å²) in [5.74, 6) is 1.85. The molecule has 0 amide bonds. The molecule has 2 aromatic heterocycles. The average molecular weight is 260 g/mol. The Morgan fingerprint density at radius 3 is 2.84 bits per heavy atom. The summed E-state index contributed by atoms with van der Waals surface area (Å²) >= 11 is 0. The normalized spacial score (nSPS) is 10.7. The molecule has 0 aliphatic carbocycles. The van der Waals surface area contributed by atoms with Gasteiger partial charge in [0.25, 0.3) is 0 Å². The number of aromatic nitrogens is 3. The zero-order valence-electron chi connectivity index (χ0n) is 11.7. The molecular weight excluding hydrogens is 240 g/mol. The summed E-state index contributed by atoms with van der Waals surface area (Å²) in [6, 6.07) is 3.95. The van der Waals surface area contributed by atoms with Crippen molar-refractivity contribution in [1.82, 2.24) is 19.9 Å². The van der Waals surface area contributed by atoms with E-state index in [0.717, 1.165) is 29.5 Å². The maximum absolute atomic E-state index is 5.82. The summed E-state index contributed by atoms with van der Waals surface area (Å²) < 4.78 is 7.89. The molecule has 0 atom stereocenters. The van der Waals surface area contributed by atoms with Gasteiger partial charge in [0.15, 0.2) is 0 Å². The summed E-state index contributed by atoms with van der Waals surface area (Å²) in [7, 11) is 1.91. The molecule has 0 saturated carbocycles. The quantitative estimate of drug-likeness (QED) is 0.859. The molecule has 2 aromatic rings. The van der Waals surface area contributed by atoms with Crippen molar-refractivity contribution in [2.45, 2.75) is 26.9 Å². The summed E-state index contributed by atoms with van der Waals surface area (Å²) in [4.78, 5) is 8.68. The topological polar surface area (TPSA) is 52.0 Å². The maximum Gasteiger partial charge on any atom is 0.142 e. The molecule has 5 heteroatoms. The van der Waals surface area contributed by atoms with Gasteiger partial charge in [-0.15, -0.1) is 0 Å². The number of ether oxygens (including phenoxy) is 1. The first kappa shape index (κ1) is 13.5. The van der Waals surface area contributed by atoms with Crippen molar-refractivity contribution in [2.24, 2.45) is 0 Å². The van der Waals surface area contributed by atoms with Crippen LogP contribution in [0.4, 0.5) is 0 Å². The zero-order chi connectivity index (χ0) is 13.7. The number of aryl methyl sites for hydroxylation is 2. The lowest BCUT2D eigenvalue weighted by molar-refractivity contribution is 0.292. The zero-order valence-corrected chi connectivity index (χ0v) is 11.7. The summed E-state index contributed by atoms with van der Waals surface area (Å²) in [5, 5.41) is 3.11. The lowest BCUT2D eigenvalue weighted by atomic mass is 10.3. The van der Waals surface area contributed by atoms with E-state index in [4.69, 9.17) is 4.74 Å². The molecule has 0 spiro atoms. The molecule has 0 unspecified atom stereocenters. The highest BCUT2D eigenvalue weighted by atomic mass is 16.5. The number of nitrogens with one attached hydrogen (secondary N) is 1. The van der Waals surface area contributed by atoms with Crippen LogP contribution in [-0.2, 0) is 13.1 Å². The Morgan fingerprint density at radius 1 is 1.32 bits per heavy atom. The number of imidazole rings is 1. The minimum Gasteiger partial charge on any atom is -0.490 e. The monoisotopic (exact) mass is 260 g/mol. The molecule has 0 fully saturated rings. The number of rotatable bonds is 6. The van der Waals surface area contributed by atoms with Crippen LogP contribution in [0.15, 0.2) is 24.5 Å². The van der Waals surface area contributed by atoms with Gasteiger partial charge < -0.3 is 14.6 Å². The third-order valence-corrected chi connectivity index (χ3v) is 2.93. The molecular formula is C14H20N4O. The molecule has 2 heterocycles. The van der Waals surface area contributed by atoms with Gasteiger partial charge in [0.2, 0.25) is 0 Å². The van der Waals surface area contributed by atoms with Crippen molar-refractivity contribution in [1.29, 1.82) is 0 Å². The second kappa shape index (κ2) is 6.33. The Kier molecular flexibility index (Phi) is 4.52. The van der Waals surface area contributed by atoms with Gasteiger partial charge in [-0.25, -0.2) is 4.98 Å². The van der Waals surface area contributed by atoms with E-state index < -0.39 is 0 Å². The Hall–Kier alpha value is -1.88. The molecule has 5 nitrogen and oxygen atoms in total. The fraction of sp³-hybridized carbons (Fsp3) is 0.429. The highest BCUT2D eigenvalue weighted by Crippen LogP contribution is 2.16.